The van der Waals surface area contributed by atoms with E-state index in [1.807, 2.05) is 24.3 Å². The molecule has 4 atom stereocenters. The average Bonchev–Trinajstić information content (AvgIpc) is 2.93. The Bertz CT molecular complexity index is 1600. The molecule has 11 nitrogen and oxygen atoms in total. The third kappa shape index (κ3) is 4.36. The Hall–Kier alpha value is -4.50. The molecule has 5 rings (SSSR count). The molecule has 0 unspecified atom stereocenters. The SMILES string of the molecule is CN(C)[C@H]1C(=O)C(C(N)=O)=C(O)[C@]2(O)C(=O)C3=C(O)c4c(O)ccc(-c5ccc(CNCCC#N)cc5)c4C[C@@H]3C[C@H]12. The molecule has 3 aliphatic carbocycles. The van der Waals surface area contributed by atoms with Crippen molar-refractivity contribution in [3.8, 4) is 22.9 Å². The number of aliphatic hydroxyl groups is 3. The smallest absolute Gasteiger partial charge is 0.255 e. The molecule has 1 amide bonds. The molecule has 1 fully saturated rings. The minimum atomic E-state index is -2.67. The lowest BCUT2D eigenvalue weighted by molar-refractivity contribution is -0.153. The van der Waals surface area contributed by atoms with Crippen molar-refractivity contribution < 1.29 is 34.8 Å². The number of nitriles is 1. The van der Waals surface area contributed by atoms with E-state index in [9.17, 15) is 34.8 Å². The summed E-state index contributed by atoms with van der Waals surface area (Å²) in [6.07, 6.45) is 0.633. The van der Waals surface area contributed by atoms with E-state index >= 15 is 0 Å². The molecule has 2 aromatic carbocycles. The number of fused-ring (bicyclic) bond motifs is 3. The second-order valence-electron chi connectivity index (χ2n) is 11.2. The summed E-state index contributed by atoms with van der Waals surface area (Å²) < 4.78 is 0. The van der Waals surface area contributed by atoms with E-state index in [1.165, 1.54) is 11.0 Å². The fourth-order valence-corrected chi connectivity index (χ4v) is 6.69. The fourth-order valence-electron chi connectivity index (χ4n) is 6.69. The van der Waals surface area contributed by atoms with Crippen LogP contribution in [0.15, 0.2) is 53.3 Å². The standard InChI is InChI=1S/C31H32N4O7/c1-35(2)25-20-13-17-12-19-18(16-6-4-15(5-7-16)14-34-11-3-10-32)8-9-21(36)23(19)26(37)22(17)28(39)31(20,42)29(40)24(27(25)38)30(33)41/h4-9,17,20,25,34,36-37,40,42H,3,11-14H2,1-2H3,(H2,33,41)/t17-,20-,25-,31-/m1/s1. The Morgan fingerprint density at radius 1 is 1.14 bits per heavy atom. The summed E-state index contributed by atoms with van der Waals surface area (Å²) in [5.74, 6) is -6.80. The lowest BCUT2D eigenvalue weighted by atomic mass is 9.57. The van der Waals surface area contributed by atoms with Crippen LogP contribution >= 0.6 is 0 Å². The number of ketones is 2. The first-order valence-corrected chi connectivity index (χ1v) is 13.6. The zero-order valence-corrected chi connectivity index (χ0v) is 23.2. The van der Waals surface area contributed by atoms with Gasteiger partial charge in [-0.1, -0.05) is 30.3 Å². The van der Waals surface area contributed by atoms with Gasteiger partial charge in [0.25, 0.3) is 5.91 Å². The molecular weight excluding hydrogens is 540 g/mol. The first-order chi connectivity index (χ1) is 19.9. The zero-order valence-electron chi connectivity index (χ0n) is 23.2. The molecule has 2 aromatic rings. The highest BCUT2D eigenvalue weighted by molar-refractivity contribution is 6.24. The molecule has 0 radical (unpaired) electrons. The van der Waals surface area contributed by atoms with Gasteiger partial charge in [0.05, 0.1) is 17.7 Å². The Morgan fingerprint density at radius 2 is 1.83 bits per heavy atom. The minimum absolute atomic E-state index is 0.0220. The van der Waals surface area contributed by atoms with Gasteiger partial charge in [-0.2, -0.15) is 5.26 Å². The number of phenols is 1. The number of carbonyl (C=O) groups is 3. The summed E-state index contributed by atoms with van der Waals surface area (Å²) in [6.45, 7) is 1.16. The van der Waals surface area contributed by atoms with Crippen LogP contribution < -0.4 is 11.1 Å². The van der Waals surface area contributed by atoms with Crippen molar-refractivity contribution in [3.63, 3.8) is 0 Å². The van der Waals surface area contributed by atoms with Crippen LogP contribution in [0, 0.1) is 23.2 Å². The molecule has 7 N–H and O–H groups in total. The number of nitrogens with zero attached hydrogens (tertiary/aromatic N) is 2. The Morgan fingerprint density at radius 3 is 2.45 bits per heavy atom. The normalized spacial score (nSPS) is 25.2. The van der Waals surface area contributed by atoms with Crippen LogP contribution in [0.1, 0.15) is 29.5 Å². The Balaban J connectivity index is 1.60. The van der Waals surface area contributed by atoms with Gasteiger partial charge in [0.15, 0.2) is 11.4 Å². The van der Waals surface area contributed by atoms with E-state index in [0.29, 0.717) is 25.1 Å². The number of phenolic OH excluding ortho intramolecular Hbond substituents is 1. The summed E-state index contributed by atoms with van der Waals surface area (Å²) in [5.41, 5.74) is 4.86. The van der Waals surface area contributed by atoms with Crippen molar-refractivity contribution in [1.82, 2.24) is 10.2 Å². The maximum Gasteiger partial charge on any atom is 0.255 e. The first-order valence-electron chi connectivity index (χ1n) is 13.6. The predicted molar refractivity (Wildman–Crippen MR) is 152 cm³/mol. The molecule has 42 heavy (non-hydrogen) atoms. The number of aromatic hydroxyl groups is 1. The molecule has 218 valence electrons. The number of nitrogens with one attached hydrogen (secondary N) is 1. The maximum absolute atomic E-state index is 14.0. The van der Waals surface area contributed by atoms with E-state index in [2.05, 4.69) is 11.4 Å². The van der Waals surface area contributed by atoms with E-state index in [1.54, 1.807) is 20.2 Å². The van der Waals surface area contributed by atoms with Gasteiger partial charge in [-0.3, -0.25) is 19.3 Å². The predicted octanol–water partition coefficient (Wildman–Crippen LogP) is 1.63. The summed E-state index contributed by atoms with van der Waals surface area (Å²) in [4.78, 5) is 40.8. The number of Topliss-reactive ketones (excluding diaryl/α,β-unsaturated/α-hetero) is 2. The van der Waals surface area contributed by atoms with Crippen molar-refractivity contribution in [3.05, 3.63) is 70.0 Å². The number of carbonyl (C=O) groups excluding carboxylic acids is 3. The highest BCUT2D eigenvalue weighted by atomic mass is 16.3. The highest BCUT2D eigenvalue weighted by Gasteiger charge is 2.64. The lowest BCUT2D eigenvalue weighted by Gasteiger charge is -2.50. The average molecular weight is 573 g/mol. The third-order valence-corrected chi connectivity index (χ3v) is 8.61. The van der Waals surface area contributed by atoms with Crippen LogP contribution in [0.5, 0.6) is 5.75 Å². The van der Waals surface area contributed by atoms with Gasteiger partial charge in [-0.15, -0.1) is 0 Å². The summed E-state index contributed by atoms with van der Waals surface area (Å²) in [7, 11) is 3.12. The Labute approximate surface area is 242 Å². The quantitative estimate of drug-likeness (QED) is 0.209. The number of nitrogens with two attached hydrogens (primary N) is 1. The number of primary amides is 1. The number of amides is 1. The van der Waals surface area contributed by atoms with Gasteiger partial charge in [-0.25, -0.2) is 0 Å². The van der Waals surface area contributed by atoms with Crippen LogP contribution in [0.3, 0.4) is 0 Å². The van der Waals surface area contributed by atoms with Gasteiger partial charge >= 0.3 is 0 Å². The van der Waals surface area contributed by atoms with Crippen LogP contribution in [0.25, 0.3) is 16.9 Å². The van der Waals surface area contributed by atoms with E-state index in [0.717, 1.165) is 16.7 Å². The molecular formula is C31H32N4O7. The summed E-state index contributed by atoms with van der Waals surface area (Å²) in [5, 5.41) is 56.8. The summed E-state index contributed by atoms with van der Waals surface area (Å²) >= 11 is 0. The van der Waals surface area contributed by atoms with Crippen molar-refractivity contribution in [2.75, 3.05) is 20.6 Å². The van der Waals surface area contributed by atoms with Crippen molar-refractivity contribution >= 4 is 23.2 Å². The first kappa shape index (κ1) is 29.0. The highest BCUT2D eigenvalue weighted by Crippen LogP contribution is 2.53. The van der Waals surface area contributed by atoms with E-state index in [4.69, 9.17) is 11.0 Å². The molecule has 0 heterocycles. The molecule has 0 bridgehead atoms. The monoisotopic (exact) mass is 572 g/mol. The van der Waals surface area contributed by atoms with Crippen molar-refractivity contribution in [1.29, 1.82) is 5.26 Å². The van der Waals surface area contributed by atoms with Crippen LogP contribution in [0.2, 0.25) is 0 Å². The molecule has 0 saturated heterocycles. The number of hydrogen-bond acceptors (Lipinski definition) is 10. The zero-order chi connectivity index (χ0) is 30.5. The molecule has 0 aliphatic heterocycles. The molecule has 3 aliphatic rings. The minimum Gasteiger partial charge on any atom is -0.508 e. The number of hydrogen-bond donors (Lipinski definition) is 6. The number of aliphatic hydroxyl groups excluding tert-OH is 2. The molecule has 1 saturated carbocycles. The van der Waals surface area contributed by atoms with Gasteiger partial charge in [-0.05, 0) is 61.2 Å². The van der Waals surface area contributed by atoms with E-state index < -0.39 is 58.0 Å². The van der Waals surface area contributed by atoms with Crippen molar-refractivity contribution in [2.24, 2.45) is 17.6 Å². The molecule has 0 spiro atoms. The fraction of sp³-hybridized carbons (Fsp3) is 0.355. The van der Waals surface area contributed by atoms with Gasteiger partial charge in [0.2, 0.25) is 5.78 Å². The largest absolute Gasteiger partial charge is 0.508 e. The second kappa shape index (κ2) is 10.7. The van der Waals surface area contributed by atoms with Crippen LogP contribution in [-0.4, -0.2) is 75.1 Å². The number of benzene rings is 2. The van der Waals surface area contributed by atoms with Crippen molar-refractivity contribution in [2.45, 2.75) is 37.5 Å². The summed E-state index contributed by atoms with van der Waals surface area (Å²) in [6, 6.07) is 11.8. The number of rotatable bonds is 7. The van der Waals surface area contributed by atoms with Gasteiger partial charge in [0.1, 0.15) is 22.8 Å². The topological polar surface area (TPSA) is 197 Å². The van der Waals surface area contributed by atoms with Crippen LogP contribution in [-0.2, 0) is 27.3 Å². The number of likely N-dealkylation sites (N-methyl/N-ethyl adjacent to an activating group) is 1. The maximum atomic E-state index is 14.0. The third-order valence-electron chi connectivity index (χ3n) is 8.61. The Kier molecular flexibility index (Phi) is 7.41. The van der Waals surface area contributed by atoms with Gasteiger partial charge < -0.3 is 31.5 Å². The second-order valence-corrected chi connectivity index (χ2v) is 11.2. The van der Waals surface area contributed by atoms with Crippen LogP contribution in [0.4, 0.5) is 0 Å². The van der Waals surface area contributed by atoms with E-state index in [-0.39, 0.29) is 29.7 Å². The lowest BCUT2D eigenvalue weighted by Crippen LogP contribution is -2.65. The van der Waals surface area contributed by atoms with Gasteiger partial charge in [0, 0.05) is 31.0 Å². The molecule has 11 heteroatoms. The molecule has 0 aromatic heterocycles.